The Morgan fingerprint density at radius 3 is 2.57 bits per heavy atom. The summed E-state index contributed by atoms with van der Waals surface area (Å²) in [7, 11) is 0. The quantitative estimate of drug-likeness (QED) is 0.738. The van der Waals surface area contributed by atoms with Crippen molar-refractivity contribution >= 4 is 34.4 Å². The third-order valence-electron chi connectivity index (χ3n) is 3.14. The highest BCUT2D eigenvalue weighted by Gasteiger charge is 2.18. The molecule has 2 aromatic heterocycles. The number of halogens is 1. The number of carboxylic acid groups (broad SMARTS) is 1. The molecule has 0 atom stereocenters. The van der Waals surface area contributed by atoms with E-state index in [0.29, 0.717) is 16.5 Å². The molecule has 5 nitrogen and oxygen atoms in total. The molecule has 1 N–H and O–H groups in total. The van der Waals surface area contributed by atoms with Crippen LogP contribution in [0.5, 0.6) is 0 Å². The summed E-state index contributed by atoms with van der Waals surface area (Å²) in [5.74, 6) is -1.44. The molecule has 21 heavy (non-hydrogen) atoms. The summed E-state index contributed by atoms with van der Waals surface area (Å²) in [5.41, 5.74) is 0.952. The number of carboxylic acids is 1. The third kappa shape index (κ3) is 2.28. The average molecular weight is 301 g/mol. The van der Waals surface area contributed by atoms with Gasteiger partial charge in [0.2, 0.25) is 0 Å². The zero-order chi connectivity index (χ0) is 15.0. The Labute approximate surface area is 124 Å². The molecule has 3 rings (SSSR count). The van der Waals surface area contributed by atoms with Crippen LogP contribution in [0.4, 0.5) is 0 Å². The van der Waals surface area contributed by atoms with E-state index in [4.69, 9.17) is 11.6 Å². The number of rotatable bonds is 2. The molecule has 0 radical (unpaired) electrons. The van der Waals surface area contributed by atoms with Crippen LogP contribution in [-0.4, -0.2) is 26.5 Å². The van der Waals surface area contributed by atoms with Crippen LogP contribution in [0.1, 0.15) is 20.7 Å². The van der Waals surface area contributed by atoms with Gasteiger partial charge in [-0.1, -0.05) is 29.8 Å². The van der Waals surface area contributed by atoms with Crippen molar-refractivity contribution in [3.63, 3.8) is 0 Å². The van der Waals surface area contributed by atoms with Gasteiger partial charge >= 0.3 is 5.97 Å². The van der Waals surface area contributed by atoms with Gasteiger partial charge < -0.3 is 5.11 Å². The van der Waals surface area contributed by atoms with Crippen molar-refractivity contribution in [1.29, 1.82) is 0 Å². The normalized spacial score (nSPS) is 10.7. The van der Waals surface area contributed by atoms with Gasteiger partial charge in [0.15, 0.2) is 0 Å². The fraction of sp³-hybridized carbons (Fsp3) is 0. The lowest BCUT2D eigenvalue weighted by molar-refractivity contribution is 0.0699. The molecule has 0 aliphatic heterocycles. The standard InChI is InChI=1S/C15H9ClN2O3/c16-13-6-5-9(7-17-13)14(19)18-8-11(15(20)21)10-3-1-2-4-12(10)18/h1-8H,(H,20,21). The highest BCUT2D eigenvalue weighted by atomic mass is 35.5. The third-order valence-corrected chi connectivity index (χ3v) is 3.36. The number of carbonyl (C=O) groups excluding carboxylic acids is 1. The summed E-state index contributed by atoms with van der Waals surface area (Å²) < 4.78 is 1.31. The van der Waals surface area contributed by atoms with Crippen LogP contribution in [0, 0.1) is 0 Å². The Kier molecular flexibility index (Phi) is 3.19. The number of pyridine rings is 1. The molecule has 0 saturated carbocycles. The largest absolute Gasteiger partial charge is 0.478 e. The topological polar surface area (TPSA) is 72.2 Å². The maximum atomic E-state index is 12.5. The van der Waals surface area contributed by atoms with Gasteiger partial charge in [0.05, 0.1) is 16.6 Å². The predicted molar refractivity (Wildman–Crippen MR) is 77.9 cm³/mol. The molecule has 0 aliphatic rings. The lowest BCUT2D eigenvalue weighted by Crippen LogP contribution is -2.11. The van der Waals surface area contributed by atoms with Crippen LogP contribution in [0.3, 0.4) is 0 Å². The first-order chi connectivity index (χ1) is 10.1. The fourth-order valence-corrected chi connectivity index (χ4v) is 2.27. The monoisotopic (exact) mass is 300 g/mol. The van der Waals surface area contributed by atoms with Crippen LogP contribution in [0.15, 0.2) is 48.8 Å². The summed E-state index contributed by atoms with van der Waals surface area (Å²) in [6, 6.07) is 9.91. The van der Waals surface area contributed by atoms with Crippen molar-refractivity contribution in [2.24, 2.45) is 0 Å². The number of aromatic nitrogens is 2. The second-order valence-corrected chi connectivity index (χ2v) is 4.80. The van der Waals surface area contributed by atoms with E-state index < -0.39 is 5.97 Å². The summed E-state index contributed by atoms with van der Waals surface area (Å²) in [4.78, 5) is 27.6. The van der Waals surface area contributed by atoms with Gasteiger partial charge in [-0.15, -0.1) is 0 Å². The summed E-state index contributed by atoms with van der Waals surface area (Å²) in [5, 5.41) is 10.0. The van der Waals surface area contributed by atoms with Crippen LogP contribution < -0.4 is 0 Å². The minimum atomic E-state index is -1.08. The second-order valence-electron chi connectivity index (χ2n) is 4.41. The molecule has 6 heteroatoms. The molecule has 0 saturated heterocycles. The number of aromatic carboxylic acids is 1. The van der Waals surface area contributed by atoms with Gasteiger partial charge in [-0.2, -0.15) is 0 Å². The molecule has 0 aliphatic carbocycles. The number of fused-ring (bicyclic) bond motifs is 1. The summed E-state index contributed by atoms with van der Waals surface area (Å²) in [6.07, 6.45) is 2.68. The fourth-order valence-electron chi connectivity index (χ4n) is 2.16. The van der Waals surface area contributed by atoms with E-state index in [1.165, 1.54) is 23.0 Å². The van der Waals surface area contributed by atoms with Crippen LogP contribution in [0.2, 0.25) is 5.15 Å². The van der Waals surface area contributed by atoms with Crippen molar-refractivity contribution in [3.8, 4) is 0 Å². The average Bonchev–Trinajstić information content (AvgIpc) is 2.87. The number of hydrogen-bond acceptors (Lipinski definition) is 3. The van der Waals surface area contributed by atoms with Gasteiger partial charge in [-0.25, -0.2) is 9.78 Å². The van der Waals surface area contributed by atoms with Gasteiger partial charge in [-0.3, -0.25) is 9.36 Å². The molecule has 0 spiro atoms. The maximum absolute atomic E-state index is 12.5. The summed E-state index contributed by atoms with van der Waals surface area (Å²) >= 11 is 5.70. The van der Waals surface area contributed by atoms with Crippen molar-refractivity contribution in [2.45, 2.75) is 0 Å². The Bertz CT molecular complexity index is 853. The first-order valence-corrected chi connectivity index (χ1v) is 6.45. The van der Waals surface area contributed by atoms with E-state index >= 15 is 0 Å². The molecule has 0 amide bonds. The van der Waals surface area contributed by atoms with Crippen LogP contribution >= 0.6 is 11.6 Å². The van der Waals surface area contributed by atoms with E-state index in [1.54, 1.807) is 30.3 Å². The number of carbonyl (C=O) groups is 2. The Morgan fingerprint density at radius 2 is 1.90 bits per heavy atom. The van der Waals surface area contributed by atoms with Crippen LogP contribution in [0.25, 0.3) is 10.9 Å². The van der Waals surface area contributed by atoms with Gasteiger partial charge in [0.25, 0.3) is 5.91 Å². The molecule has 0 unspecified atom stereocenters. The SMILES string of the molecule is O=C(O)c1cn(C(=O)c2ccc(Cl)nc2)c2ccccc12. The first-order valence-electron chi connectivity index (χ1n) is 6.07. The number of nitrogens with zero attached hydrogens (tertiary/aromatic N) is 2. The maximum Gasteiger partial charge on any atom is 0.337 e. The van der Waals surface area contributed by atoms with E-state index in [2.05, 4.69) is 4.98 Å². The van der Waals surface area contributed by atoms with Crippen LogP contribution in [-0.2, 0) is 0 Å². The molecular formula is C15H9ClN2O3. The minimum Gasteiger partial charge on any atom is -0.478 e. The molecule has 0 fully saturated rings. The molecule has 3 aromatic rings. The lowest BCUT2D eigenvalue weighted by Gasteiger charge is -2.03. The number of para-hydroxylation sites is 1. The Balaban J connectivity index is 2.18. The van der Waals surface area contributed by atoms with Crippen molar-refractivity contribution in [2.75, 3.05) is 0 Å². The van der Waals surface area contributed by atoms with Gasteiger partial charge in [0, 0.05) is 17.8 Å². The zero-order valence-corrected chi connectivity index (χ0v) is 11.4. The Morgan fingerprint density at radius 1 is 1.14 bits per heavy atom. The van der Waals surface area contributed by atoms with E-state index in [-0.39, 0.29) is 16.6 Å². The van der Waals surface area contributed by atoms with Crippen molar-refractivity contribution in [1.82, 2.24) is 9.55 Å². The molecule has 1 aromatic carbocycles. The smallest absolute Gasteiger partial charge is 0.337 e. The number of benzene rings is 1. The Hall–Kier alpha value is -2.66. The highest BCUT2D eigenvalue weighted by molar-refractivity contribution is 6.29. The van der Waals surface area contributed by atoms with E-state index in [0.717, 1.165) is 0 Å². The molecular weight excluding hydrogens is 292 g/mol. The van der Waals surface area contributed by atoms with Crippen molar-refractivity contribution < 1.29 is 14.7 Å². The van der Waals surface area contributed by atoms with Gasteiger partial charge in [-0.05, 0) is 18.2 Å². The van der Waals surface area contributed by atoms with Crippen molar-refractivity contribution in [3.05, 3.63) is 65.1 Å². The highest BCUT2D eigenvalue weighted by Crippen LogP contribution is 2.22. The second kappa shape index (κ2) is 5.03. The minimum absolute atomic E-state index is 0.0841. The first kappa shape index (κ1) is 13.3. The lowest BCUT2D eigenvalue weighted by atomic mass is 10.2. The molecule has 104 valence electrons. The summed E-state index contributed by atoms with van der Waals surface area (Å²) in [6.45, 7) is 0. The molecule has 0 bridgehead atoms. The number of hydrogen-bond donors (Lipinski definition) is 1. The predicted octanol–water partition coefficient (Wildman–Crippen LogP) is 3.08. The van der Waals surface area contributed by atoms with Gasteiger partial charge in [0.1, 0.15) is 5.15 Å². The van der Waals surface area contributed by atoms with E-state index in [1.807, 2.05) is 0 Å². The zero-order valence-electron chi connectivity index (χ0n) is 10.7. The molecule has 2 heterocycles. The van der Waals surface area contributed by atoms with E-state index in [9.17, 15) is 14.7 Å².